The Morgan fingerprint density at radius 3 is 2.38 bits per heavy atom. The zero-order valence-corrected chi connectivity index (χ0v) is 11.2. The molecule has 1 nitrogen and oxygen atoms in total. The van der Waals surface area contributed by atoms with E-state index >= 15 is 0 Å². The Kier molecular flexibility index (Phi) is 5.64. The lowest BCUT2D eigenvalue weighted by atomic mass is 10.2. The van der Waals surface area contributed by atoms with Crippen LogP contribution in [0.5, 0.6) is 0 Å². The minimum atomic E-state index is 0.472. The summed E-state index contributed by atoms with van der Waals surface area (Å²) in [7, 11) is 0. The lowest BCUT2D eigenvalue weighted by Crippen LogP contribution is -2.21. The van der Waals surface area contributed by atoms with Crippen LogP contribution in [0.25, 0.3) is 0 Å². The van der Waals surface area contributed by atoms with Gasteiger partial charge in [0, 0.05) is 22.7 Å². The largest absolute Gasteiger partial charge is 0.310 e. The molecule has 1 atom stereocenters. The van der Waals surface area contributed by atoms with Crippen LogP contribution in [0, 0.1) is 0 Å². The molecule has 0 aliphatic rings. The number of nitrogens with one attached hydrogen (secondary N) is 1. The van der Waals surface area contributed by atoms with Crippen LogP contribution in [0.1, 0.15) is 26.3 Å². The molecule has 0 saturated carbocycles. The van der Waals surface area contributed by atoms with Crippen LogP contribution in [-0.2, 0) is 6.54 Å². The van der Waals surface area contributed by atoms with Gasteiger partial charge >= 0.3 is 0 Å². The molecule has 0 amide bonds. The second kappa shape index (κ2) is 6.77. The maximum Gasteiger partial charge on any atom is 0.0243 e. The predicted molar refractivity (Wildman–Crippen MR) is 73.9 cm³/mol. The summed E-state index contributed by atoms with van der Waals surface area (Å²) in [4.78, 5) is 1.31. The lowest BCUT2D eigenvalue weighted by molar-refractivity contribution is 0.588. The van der Waals surface area contributed by atoms with Crippen molar-refractivity contribution in [2.75, 3.05) is 0 Å². The Morgan fingerprint density at radius 2 is 1.88 bits per heavy atom. The quantitative estimate of drug-likeness (QED) is 0.594. The van der Waals surface area contributed by atoms with E-state index in [1.165, 1.54) is 10.5 Å². The maximum atomic E-state index is 3.79. The van der Waals surface area contributed by atoms with Gasteiger partial charge in [0.05, 0.1) is 0 Å². The van der Waals surface area contributed by atoms with Gasteiger partial charge in [-0.15, -0.1) is 18.3 Å². The van der Waals surface area contributed by atoms with Crippen LogP contribution in [-0.4, -0.2) is 11.3 Å². The lowest BCUT2D eigenvalue weighted by Gasteiger charge is -2.09. The highest BCUT2D eigenvalue weighted by atomic mass is 32.2. The second-order valence-corrected chi connectivity index (χ2v) is 5.69. The van der Waals surface area contributed by atoms with E-state index < -0.39 is 0 Å². The summed E-state index contributed by atoms with van der Waals surface area (Å²) in [5, 5.41) is 3.88. The molecule has 0 bridgehead atoms. The Morgan fingerprint density at radius 1 is 1.25 bits per heavy atom. The fourth-order valence-electron chi connectivity index (χ4n) is 1.27. The van der Waals surface area contributed by atoms with Gasteiger partial charge in [-0.2, -0.15) is 0 Å². The normalized spacial score (nSPS) is 12.8. The molecule has 16 heavy (non-hydrogen) atoms. The van der Waals surface area contributed by atoms with Gasteiger partial charge in [0.15, 0.2) is 0 Å². The SMILES string of the molecule is C=CC(C)Sc1ccc(CNC(C)C)cc1. The molecule has 0 aliphatic heterocycles. The van der Waals surface area contributed by atoms with Gasteiger partial charge in [-0.1, -0.05) is 32.1 Å². The minimum Gasteiger partial charge on any atom is -0.310 e. The number of thioether (sulfide) groups is 1. The number of benzene rings is 1. The number of rotatable bonds is 6. The fourth-order valence-corrected chi connectivity index (χ4v) is 2.09. The molecule has 0 aromatic heterocycles. The second-order valence-electron chi connectivity index (χ2n) is 4.24. The molecule has 1 rings (SSSR count). The topological polar surface area (TPSA) is 12.0 Å². The number of hydrogen-bond acceptors (Lipinski definition) is 2. The zero-order chi connectivity index (χ0) is 12.0. The van der Waals surface area contributed by atoms with Gasteiger partial charge in [0.2, 0.25) is 0 Å². The molecule has 0 spiro atoms. The monoisotopic (exact) mass is 235 g/mol. The van der Waals surface area contributed by atoms with Gasteiger partial charge < -0.3 is 5.32 Å². The van der Waals surface area contributed by atoms with E-state index in [9.17, 15) is 0 Å². The van der Waals surface area contributed by atoms with E-state index in [4.69, 9.17) is 0 Å². The van der Waals surface area contributed by atoms with E-state index in [-0.39, 0.29) is 0 Å². The molecular weight excluding hydrogens is 214 g/mol. The Hall–Kier alpha value is -0.730. The first-order valence-electron chi connectivity index (χ1n) is 5.73. The van der Waals surface area contributed by atoms with Crippen LogP contribution >= 0.6 is 11.8 Å². The van der Waals surface area contributed by atoms with E-state index in [0.717, 1.165) is 6.54 Å². The maximum absolute atomic E-state index is 3.79. The summed E-state index contributed by atoms with van der Waals surface area (Å²) < 4.78 is 0. The average Bonchev–Trinajstić information content (AvgIpc) is 2.28. The highest BCUT2D eigenvalue weighted by Crippen LogP contribution is 2.23. The molecule has 0 heterocycles. The standard InChI is InChI=1S/C14H21NS/c1-5-12(4)16-14-8-6-13(7-9-14)10-15-11(2)3/h5-9,11-12,15H,1,10H2,2-4H3. The molecular formula is C14H21NS. The predicted octanol–water partition coefficient (Wildman–Crippen LogP) is 3.85. The fraction of sp³-hybridized carbons (Fsp3) is 0.429. The van der Waals surface area contributed by atoms with Crippen molar-refractivity contribution in [3.8, 4) is 0 Å². The third-order valence-electron chi connectivity index (χ3n) is 2.29. The van der Waals surface area contributed by atoms with Crippen molar-refractivity contribution in [1.82, 2.24) is 5.32 Å². The van der Waals surface area contributed by atoms with Crippen LogP contribution < -0.4 is 5.32 Å². The summed E-state index contributed by atoms with van der Waals surface area (Å²) in [5.41, 5.74) is 1.34. The molecule has 0 aliphatic carbocycles. The molecule has 88 valence electrons. The summed E-state index contributed by atoms with van der Waals surface area (Å²) in [6.07, 6.45) is 1.97. The van der Waals surface area contributed by atoms with Crippen molar-refractivity contribution >= 4 is 11.8 Å². The molecule has 0 radical (unpaired) electrons. The van der Waals surface area contributed by atoms with E-state index in [2.05, 4.69) is 56.9 Å². The van der Waals surface area contributed by atoms with Crippen LogP contribution in [0.2, 0.25) is 0 Å². The van der Waals surface area contributed by atoms with Crippen LogP contribution in [0.4, 0.5) is 0 Å². The van der Waals surface area contributed by atoms with Crippen LogP contribution in [0.15, 0.2) is 41.8 Å². The van der Waals surface area contributed by atoms with Crippen molar-refractivity contribution in [2.24, 2.45) is 0 Å². The van der Waals surface area contributed by atoms with Gasteiger partial charge in [0.1, 0.15) is 0 Å². The molecule has 1 aromatic rings. The Balaban J connectivity index is 2.50. The highest BCUT2D eigenvalue weighted by molar-refractivity contribution is 8.00. The van der Waals surface area contributed by atoms with Crippen molar-refractivity contribution in [2.45, 2.75) is 43.5 Å². The molecule has 1 unspecified atom stereocenters. The molecule has 2 heteroatoms. The first-order valence-corrected chi connectivity index (χ1v) is 6.61. The third-order valence-corrected chi connectivity index (χ3v) is 3.40. The first-order chi connectivity index (χ1) is 7.61. The zero-order valence-electron chi connectivity index (χ0n) is 10.4. The minimum absolute atomic E-state index is 0.472. The van der Waals surface area contributed by atoms with Crippen molar-refractivity contribution in [3.63, 3.8) is 0 Å². The van der Waals surface area contributed by atoms with Gasteiger partial charge in [-0.25, -0.2) is 0 Å². The smallest absolute Gasteiger partial charge is 0.0243 e. The molecule has 0 saturated heterocycles. The Bertz CT molecular complexity index is 316. The van der Waals surface area contributed by atoms with E-state index in [0.29, 0.717) is 11.3 Å². The van der Waals surface area contributed by atoms with Gasteiger partial charge in [-0.3, -0.25) is 0 Å². The molecule has 1 N–H and O–H groups in total. The van der Waals surface area contributed by atoms with Crippen molar-refractivity contribution < 1.29 is 0 Å². The first kappa shape index (κ1) is 13.3. The van der Waals surface area contributed by atoms with Crippen molar-refractivity contribution in [1.29, 1.82) is 0 Å². The summed E-state index contributed by atoms with van der Waals surface area (Å²) in [6, 6.07) is 9.28. The Labute approximate surface area is 103 Å². The van der Waals surface area contributed by atoms with Gasteiger partial charge in [0.25, 0.3) is 0 Å². The van der Waals surface area contributed by atoms with Gasteiger partial charge in [-0.05, 0) is 24.6 Å². The van der Waals surface area contributed by atoms with E-state index in [1.54, 1.807) is 0 Å². The molecule has 1 aromatic carbocycles. The highest BCUT2D eigenvalue weighted by Gasteiger charge is 2.00. The van der Waals surface area contributed by atoms with E-state index in [1.807, 2.05) is 17.8 Å². The summed E-state index contributed by atoms with van der Waals surface area (Å²) >= 11 is 1.84. The molecule has 0 fully saturated rings. The third kappa shape index (κ3) is 4.86. The summed E-state index contributed by atoms with van der Waals surface area (Å²) in [5.74, 6) is 0. The van der Waals surface area contributed by atoms with Crippen LogP contribution in [0.3, 0.4) is 0 Å². The number of hydrogen-bond donors (Lipinski definition) is 1. The summed E-state index contributed by atoms with van der Waals surface area (Å²) in [6.45, 7) is 11.2. The van der Waals surface area contributed by atoms with Crippen molar-refractivity contribution in [3.05, 3.63) is 42.5 Å². The average molecular weight is 235 g/mol.